The van der Waals surface area contributed by atoms with Gasteiger partial charge in [-0.15, -0.1) is 0 Å². The van der Waals surface area contributed by atoms with Crippen molar-refractivity contribution in [2.45, 2.75) is 25.1 Å². The highest BCUT2D eigenvalue weighted by atomic mass is 16.6. The second-order valence-corrected chi connectivity index (χ2v) is 7.48. The first kappa shape index (κ1) is 17.1. The molecule has 0 saturated carbocycles. The maximum atomic E-state index is 10.7. The molecular formula is C19H29N3O3. The molecule has 1 N–H and O–H groups in total. The van der Waals surface area contributed by atoms with Crippen LogP contribution in [0.5, 0.6) is 11.5 Å². The number of hydrogen-bond donors (Lipinski definition) is 1. The molecule has 6 heteroatoms. The number of likely N-dealkylation sites (N-methyl/N-ethyl adjacent to an activating group) is 1. The Morgan fingerprint density at radius 3 is 2.56 bits per heavy atom. The molecule has 0 amide bonds. The van der Waals surface area contributed by atoms with Crippen molar-refractivity contribution >= 4 is 0 Å². The van der Waals surface area contributed by atoms with E-state index < -0.39 is 0 Å². The predicted molar refractivity (Wildman–Crippen MR) is 96.2 cm³/mol. The highest BCUT2D eigenvalue weighted by molar-refractivity contribution is 5.43. The molecule has 0 radical (unpaired) electrons. The van der Waals surface area contributed by atoms with Crippen LogP contribution >= 0.6 is 0 Å². The van der Waals surface area contributed by atoms with Crippen LogP contribution < -0.4 is 9.47 Å². The van der Waals surface area contributed by atoms with E-state index in [1.807, 2.05) is 6.07 Å². The van der Waals surface area contributed by atoms with E-state index >= 15 is 0 Å². The molecule has 6 nitrogen and oxygen atoms in total. The Balaban J connectivity index is 1.33. The molecule has 3 aliphatic heterocycles. The van der Waals surface area contributed by atoms with Gasteiger partial charge in [0.15, 0.2) is 11.5 Å². The van der Waals surface area contributed by atoms with Crippen molar-refractivity contribution < 1.29 is 14.6 Å². The fourth-order valence-corrected chi connectivity index (χ4v) is 4.15. The number of piperazine rings is 1. The van der Waals surface area contributed by atoms with Crippen molar-refractivity contribution in [2.24, 2.45) is 0 Å². The molecule has 138 valence electrons. The largest absolute Gasteiger partial charge is 0.486 e. The molecule has 0 bridgehead atoms. The van der Waals surface area contributed by atoms with Crippen molar-refractivity contribution in [3.8, 4) is 11.5 Å². The Hall–Kier alpha value is -1.34. The second kappa shape index (κ2) is 7.50. The molecule has 2 fully saturated rings. The zero-order valence-electron chi connectivity index (χ0n) is 15.1. The van der Waals surface area contributed by atoms with E-state index in [9.17, 15) is 5.11 Å². The molecule has 1 aromatic carbocycles. The number of piperidine rings is 1. The SMILES string of the molecule is CN1CCN([C@@H]2CCN(Cc3ccc4c(c3)OCCO4)C[C@H]2O)CC1. The van der Waals surface area contributed by atoms with Gasteiger partial charge in [-0.2, -0.15) is 0 Å². The Kier molecular flexibility index (Phi) is 5.12. The van der Waals surface area contributed by atoms with Gasteiger partial charge in [0, 0.05) is 51.9 Å². The summed E-state index contributed by atoms with van der Waals surface area (Å²) in [6.07, 6.45) is 0.768. The minimum atomic E-state index is -0.269. The fourth-order valence-electron chi connectivity index (χ4n) is 4.15. The molecule has 3 aliphatic rings. The quantitative estimate of drug-likeness (QED) is 0.866. The van der Waals surface area contributed by atoms with Gasteiger partial charge in [0.25, 0.3) is 0 Å². The average Bonchev–Trinajstić information content (AvgIpc) is 2.63. The average molecular weight is 347 g/mol. The maximum Gasteiger partial charge on any atom is 0.161 e. The maximum absolute atomic E-state index is 10.7. The van der Waals surface area contributed by atoms with Crippen LogP contribution in [0.1, 0.15) is 12.0 Å². The van der Waals surface area contributed by atoms with Crippen molar-refractivity contribution in [3.63, 3.8) is 0 Å². The fraction of sp³-hybridized carbons (Fsp3) is 0.684. The van der Waals surface area contributed by atoms with Crippen molar-refractivity contribution in [1.82, 2.24) is 14.7 Å². The van der Waals surface area contributed by atoms with Gasteiger partial charge in [-0.05, 0) is 31.2 Å². The van der Waals surface area contributed by atoms with Gasteiger partial charge in [-0.25, -0.2) is 0 Å². The summed E-state index contributed by atoms with van der Waals surface area (Å²) in [7, 11) is 2.17. The number of nitrogens with zero attached hydrogens (tertiary/aromatic N) is 3. The highest BCUT2D eigenvalue weighted by Crippen LogP contribution is 2.31. The van der Waals surface area contributed by atoms with Crippen LogP contribution in [0.3, 0.4) is 0 Å². The van der Waals surface area contributed by atoms with Crippen LogP contribution in [0.25, 0.3) is 0 Å². The van der Waals surface area contributed by atoms with Crippen molar-refractivity contribution in [3.05, 3.63) is 23.8 Å². The first-order valence-corrected chi connectivity index (χ1v) is 9.40. The molecule has 2 atom stereocenters. The van der Waals surface area contributed by atoms with Gasteiger partial charge >= 0.3 is 0 Å². The van der Waals surface area contributed by atoms with Crippen LogP contribution in [0.15, 0.2) is 18.2 Å². The molecule has 0 unspecified atom stereocenters. The summed E-state index contributed by atoms with van der Waals surface area (Å²) < 4.78 is 11.3. The van der Waals surface area contributed by atoms with Gasteiger partial charge in [-0.1, -0.05) is 6.07 Å². The Morgan fingerprint density at radius 1 is 1.04 bits per heavy atom. The van der Waals surface area contributed by atoms with Gasteiger partial charge in [0.05, 0.1) is 6.10 Å². The number of aliphatic hydroxyl groups is 1. The summed E-state index contributed by atoms with van der Waals surface area (Å²) in [5, 5.41) is 10.7. The Labute approximate surface area is 149 Å². The third-order valence-electron chi connectivity index (χ3n) is 5.65. The molecule has 0 spiro atoms. The number of rotatable bonds is 3. The summed E-state index contributed by atoms with van der Waals surface area (Å²) >= 11 is 0. The van der Waals surface area contributed by atoms with E-state index in [4.69, 9.17) is 9.47 Å². The second-order valence-electron chi connectivity index (χ2n) is 7.48. The van der Waals surface area contributed by atoms with E-state index in [0.29, 0.717) is 19.3 Å². The van der Waals surface area contributed by atoms with Crippen LogP contribution in [-0.2, 0) is 6.54 Å². The summed E-state index contributed by atoms with van der Waals surface area (Å²) in [6.45, 7) is 8.20. The number of fused-ring (bicyclic) bond motifs is 1. The van der Waals surface area contributed by atoms with E-state index in [2.05, 4.69) is 33.9 Å². The number of likely N-dealkylation sites (tertiary alicyclic amines) is 1. The number of hydrogen-bond acceptors (Lipinski definition) is 6. The number of β-amino-alcohol motifs (C(OH)–C–C–N with tert-alkyl or cyclic N) is 1. The summed E-state index contributed by atoms with van der Waals surface area (Å²) in [5.41, 5.74) is 1.22. The molecule has 2 saturated heterocycles. The standard InChI is InChI=1S/C19H29N3O3/c1-20-6-8-22(9-7-20)16-4-5-21(14-17(16)23)13-15-2-3-18-19(12-15)25-11-10-24-18/h2-3,12,16-17,23H,4-11,13-14H2,1H3/t16-,17-/m1/s1. The van der Waals surface area contributed by atoms with Gasteiger partial charge in [-0.3, -0.25) is 9.80 Å². The van der Waals surface area contributed by atoms with E-state index in [1.54, 1.807) is 0 Å². The van der Waals surface area contributed by atoms with Crippen LogP contribution in [-0.4, -0.2) is 91.5 Å². The predicted octanol–water partition coefficient (Wildman–Crippen LogP) is 0.640. The molecule has 3 heterocycles. The monoisotopic (exact) mass is 347 g/mol. The summed E-state index contributed by atoms with van der Waals surface area (Å²) in [5.74, 6) is 1.68. The lowest BCUT2D eigenvalue weighted by atomic mass is 9.98. The lowest BCUT2D eigenvalue weighted by Gasteiger charge is -2.44. The summed E-state index contributed by atoms with van der Waals surface area (Å²) in [4.78, 5) is 7.19. The molecular weight excluding hydrogens is 318 g/mol. The smallest absolute Gasteiger partial charge is 0.161 e. The minimum Gasteiger partial charge on any atom is -0.486 e. The number of aliphatic hydroxyl groups excluding tert-OH is 1. The molecule has 4 rings (SSSR count). The van der Waals surface area contributed by atoms with E-state index in [0.717, 1.165) is 63.7 Å². The minimum absolute atomic E-state index is 0.269. The third kappa shape index (κ3) is 3.92. The first-order chi connectivity index (χ1) is 12.2. The molecule has 1 aromatic rings. The van der Waals surface area contributed by atoms with Crippen LogP contribution in [0.2, 0.25) is 0 Å². The molecule has 0 aliphatic carbocycles. The van der Waals surface area contributed by atoms with Crippen LogP contribution in [0, 0.1) is 0 Å². The lowest BCUT2D eigenvalue weighted by molar-refractivity contribution is -0.0286. The zero-order chi connectivity index (χ0) is 17.2. The van der Waals surface area contributed by atoms with E-state index in [-0.39, 0.29) is 6.10 Å². The molecule has 0 aromatic heterocycles. The lowest BCUT2D eigenvalue weighted by Crippen LogP contribution is -2.58. The summed E-state index contributed by atoms with van der Waals surface area (Å²) in [6, 6.07) is 6.49. The van der Waals surface area contributed by atoms with Crippen LogP contribution in [0.4, 0.5) is 0 Å². The normalized spacial score (nSPS) is 28.9. The number of ether oxygens (including phenoxy) is 2. The third-order valence-corrected chi connectivity index (χ3v) is 5.65. The Morgan fingerprint density at radius 2 is 1.80 bits per heavy atom. The van der Waals surface area contributed by atoms with Gasteiger partial charge in [0.2, 0.25) is 0 Å². The molecule has 25 heavy (non-hydrogen) atoms. The Bertz CT molecular complexity index is 589. The zero-order valence-corrected chi connectivity index (χ0v) is 15.1. The van der Waals surface area contributed by atoms with Crippen molar-refractivity contribution in [2.75, 3.05) is 59.5 Å². The van der Waals surface area contributed by atoms with Gasteiger partial charge < -0.3 is 19.5 Å². The van der Waals surface area contributed by atoms with Crippen molar-refractivity contribution in [1.29, 1.82) is 0 Å². The highest BCUT2D eigenvalue weighted by Gasteiger charge is 2.33. The number of benzene rings is 1. The topological polar surface area (TPSA) is 48.4 Å². The van der Waals surface area contributed by atoms with E-state index in [1.165, 1.54) is 5.56 Å². The van der Waals surface area contributed by atoms with Gasteiger partial charge in [0.1, 0.15) is 13.2 Å². The first-order valence-electron chi connectivity index (χ1n) is 9.40.